The minimum Gasteiger partial charge on any atom is -0.469 e. The molecule has 1 aliphatic heterocycles. The first-order valence-corrected chi connectivity index (χ1v) is 12.9. The number of rotatable bonds is 8. The van der Waals surface area contributed by atoms with Crippen molar-refractivity contribution in [3.8, 4) is 0 Å². The standard InChI is InChI=1S/C26H29N3O5S/c1-20-10-12-23(13-11-20)35(32,33)28-18-24(30)29(15-14-22-9-6-16-34-22)26(2,19-28)25(31)27-17-21-7-4-3-5-8-21/h3-13,16H,14-15,17-19H2,1-2H3,(H,27,31)/t26-/m1/s1. The number of amides is 2. The van der Waals surface area contributed by atoms with E-state index in [0.717, 1.165) is 15.4 Å². The fourth-order valence-electron chi connectivity index (χ4n) is 4.24. The Morgan fingerprint density at radius 3 is 2.43 bits per heavy atom. The lowest BCUT2D eigenvalue weighted by molar-refractivity contribution is -0.152. The van der Waals surface area contributed by atoms with E-state index in [0.29, 0.717) is 12.2 Å². The number of nitrogens with one attached hydrogen (secondary N) is 1. The molecule has 0 spiro atoms. The summed E-state index contributed by atoms with van der Waals surface area (Å²) >= 11 is 0. The highest BCUT2D eigenvalue weighted by Gasteiger charge is 2.50. The summed E-state index contributed by atoms with van der Waals surface area (Å²) in [4.78, 5) is 28.4. The summed E-state index contributed by atoms with van der Waals surface area (Å²) < 4.78 is 33.3. The Kier molecular flexibility index (Phi) is 7.09. The van der Waals surface area contributed by atoms with Gasteiger partial charge in [-0.2, -0.15) is 4.31 Å². The molecule has 4 rings (SSSR count). The van der Waals surface area contributed by atoms with E-state index in [-0.39, 0.29) is 31.1 Å². The predicted octanol–water partition coefficient (Wildman–Crippen LogP) is 2.74. The van der Waals surface area contributed by atoms with Gasteiger partial charge in [-0.25, -0.2) is 8.42 Å². The van der Waals surface area contributed by atoms with Gasteiger partial charge in [-0.05, 0) is 43.7 Å². The van der Waals surface area contributed by atoms with E-state index in [9.17, 15) is 18.0 Å². The third-order valence-electron chi connectivity index (χ3n) is 6.30. The molecule has 1 N–H and O–H groups in total. The zero-order valence-electron chi connectivity index (χ0n) is 19.8. The van der Waals surface area contributed by atoms with Crippen LogP contribution in [0.25, 0.3) is 0 Å². The van der Waals surface area contributed by atoms with Crippen LogP contribution >= 0.6 is 0 Å². The molecule has 1 saturated heterocycles. The molecular formula is C26H29N3O5S. The van der Waals surface area contributed by atoms with Gasteiger partial charge in [0.25, 0.3) is 0 Å². The van der Waals surface area contributed by atoms with Gasteiger partial charge in [0.2, 0.25) is 21.8 Å². The molecule has 2 amide bonds. The van der Waals surface area contributed by atoms with Gasteiger partial charge in [-0.15, -0.1) is 0 Å². The zero-order valence-corrected chi connectivity index (χ0v) is 20.6. The number of hydrogen-bond donors (Lipinski definition) is 1. The molecule has 2 aromatic carbocycles. The summed E-state index contributed by atoms with van der Waals surface area (Å²) in [5.41, 5.74) is 0.417. The predicted molar refractivity (Wildman–Crippen MR) is 131 cm³/mol. The van der Waals surface area contributed by atoms with Crippen LogP contribution < -0.4 is 5.32 Å². The molecule has 1 atom stereocenters. The highest BCUT2D eigenvalue weighted by molar-refractivity contribution is 7.89. The number of piperazine rings is 1. The van der Waals surface area contributed by atoms with Crippen molar-refractivity contribution in [3.05, 3.63) is 89.9 Å². The summed E-state index contributed by atoms with van der Waals surface area (Å²) in [6.07, 6.45) is 1.96. The van der Waals surface area contributed by atoms with Gasteiger partial charge < -0.3 is 14.6 Å². The minimum absolute atomic E-state index is 0.0898. The Hall–Kier alpha value is -3.43. The maximum atomic E-state index is 13.5. The summed E-state index contributed by atoms with van der Waals surface area (Å²) in [7, 11) is -3.98. The third-order valence-corrected chi connectivity index (χ3v) is 8.10. The van der Waals surface area contributed by atoms with E-state index in [1.165, 1.54) is 17.0 Å². The molecule has 8 nitrogen and oxygen atoms in total. The van der Waals surface area contributed by atoms with Crippen molar-refractivity contribution < 1.29 is 22.4 Å². The number of sulfonamides is 1. The maximum Gasteiger partial charge on any atom is 0.247 e. The van der Waals surface area contributed by atoms with Crippen LogP contribution in [0, 0.1) is 6.92 Å². The molecule has 3 aromatic rings. The highest BCUT2D eigenvalue weighted by atomic mass is 32.2. The Bertz CT molecular complexity index is 1270. The average molecular weight is 496 g/mol. The third kappa shape index (κ3) is 5.31. The summed E-state index contributed by atoms with van der Waals surface area (Å²) in [5, 5.41) is 2.89. The Balaban J connectivity index is 1.61. The first kappa shape index (κ1) is 24.7. The molecule has 35 heavy (non-hydrogen) atoms. The van der Waals surface area contributed by atoms with Crippen molar-refractivity contribution in [3.63, 3.8) is 0 Å². The van der Waals surface area contributed by atoms with Crippen LogP contribution in [0.15, 0.2) is 82.3 Å². The van der Waals surface area contributed by atoms with Crippen LogP contribution in [-0.2, 0) is 32.6 Å². The number of nitrogens with zero attached hydrogens (tertiary/aromatic N) is 2. The molecule has 0 unspecified atom stereocenters. The topological polar surface area (TPSA) is 99.9 Å². The molecule has 9 heteroatoms. The lowest BCUT2D eigenvalue weighted by atomic mass is 9.95. The summed E-state index contributed by atoms with van der Waals surface area (Å²) in [5.74, 6) is -0.173. The molecule has 1 fully saturated rings. The Labute approximate surface area is 205 Å². The largest absolute Gasteiger partial charge is 0.469 e. The van der Waals surface area contributed by atoms with Crippen molar-refractivity contribution in [1.82, 2.24) is 14.5 Å². The van der Waals surface area contributed by atoms with Gasteiger partial charge in [0.1, 0.15) is 11.3 Å². The maximum absolute atomic E-state index is 13.5. The molecule has 0 bridgehead atoms. The number of carbonyl (C=O) groups excluding carboxylic acids is 2. The minimum atomic E-state index is -3.98. The quantitative estimate of drug-likeness (QED) is 0.518. The number of hydrogen-bond acceptors (Lipinski definition) is 5. The van der Waals surface area contributed by atoms with Crippen LogP contribution in [0.5, 0.6) is 0 Å². The number of furan rings is 1. The lowest BCUT2D eigenvalue weighted by Crippen LogP contribution is -2.69. The first-order valence-electron chi connectivity index (χ1n) is 11.4. The smallest absolute Gasteiger partial charge is 0.247 e. The summed E-state index contributed by atoms with van der Waals surface area (Å²) in [6.45, 7) is 3.47. The second-order valence-electron chi connectivity index (χ2n) is 8.90. The van der Waals surface area contributed by atoms with Gasteiger partial charge in [-0.3, -0.25) is 9.59 Å². The lowest BCUT2D eigenvalue weighted by Gasteiger charge is -2.46. The van der Waals surface area contributed by atoms with Gasteiger partial charge in [0.15, 0.2) is 0 Å². The SMILES string of the molecule is Cc1ccc(S(=O)(=O)N2CC(=O)N(CCc3ccco3)[C@@](C)(C(=O)NCc3ccccc3)C2)cc1. The number of aryl methyl sites for hydroxylation is 1. The normalized spacial score (nSPS) is 19.0. The molecule has 0 aliphatic carbocycles. The van der Waals surface area contributed by atoms with E-state index in [2.05, 4.69) is 5.32 Å². The van der Waals surface area contributed by atoms with Gasteiger partial charge in [-0.1, -0.05) is 48.0 Å². The Morgan fingerprint density at radius 2 is 1.77 bits per heavy atom. The fourth-order valence-corrected chi connectivity index (χ4v) is 5.72. The van der Waals surface area contributed by atoms with Crippen LogP contribution in [0.3, 0.4) is 0 Å². The van der Waals surface area contributed by atoms with E-state index in [1.807, 2.05) is 37.3 Å². The monoisotopic (exact) mass is 495 g/mol. The van der Waals surface area contributed by atoms with Crippen molar-refractivity contribution in [2.24, 2.45) is 0 Å². The van der Waals surface area contributed by atoms with Gasteiger partial charge in [0, 0.05) is 26.1 Å². The van der Waals surface area contributed by atoms with Crippen LogP contribution in [-0.4, -0.2) is 54.6 Å². The van der Waals surface area contributed by atoms with Gasteiger partial charge in [0.05, 0.1) is 17.7 Å². The van der Waals surface area contributed by atoms with E-state index < -0.39 is 27.4 Å². The van der Waals surface area contributed by atoms with Crippen molar-refractivity contribution >= 4 is 21.8 Å². The number of benzene rings is 2. The molecular weight excluding hydrogens is 466 g/mol. The summed E-state index contributed by atoms with van der Waals surface area (Å²) in [6, 6.07) is 19.4. The second-order valence-corrected chi connectivity index (χ2v) is 10.8. The molecule has 0 saturated carbocycles. The van der Waals surface area contributed by atoms with E-state index in [4.69, 9.17) is 4.42 Å². The van der Waals surface area contributed by atoms with Crippen LogP contribution in [0.2, 0.25) is 0 Å². The molecule has 0 radical (unpaired) electrons. The van der Waals surface area contributed by atoms with Gasteiger partial charge >= 0.3 is 0 Å². The van der Waals surface area contributed by atoms with E-state index >= 15 is 0 Å². The van der Waals surface area contributed by atoms with Crippen LogP contribution in [0.4, 0.5) is 0 Å². The van der Waals surface area contributed by atoms with Crippen molar-refractivity contribution in [2.75, 3.05) is 19.6 Å². The van der Waals surface area contributed by atoms with E-state index in [1.54, 1.807) is 37.5 Å². The van der Waals surface area contributed by atoms with Crippen molar-refractivity contribution in [1.29, 1.82) is 0 Å². The second kappa shape index (κ2) is 10.1. The fraction of sp³-hybridized carbons (Fsp3) is 0.308. The number of carbonyl (C=O) groups is 2. The van der Waals surface area contributed by atoms with Crippen LogP contribution in [0.1, 0.15) is 23.8 Å². The average Bonchev–Trinajstić information content (AvgIpc) is 3.36. The first-order chi connectivity index (χ1) is 16.7. The molecule has 1 aliphatic rings. The zero-order chi connectivity index (χ0) is 25.1. The van der Waals surface area contributed by atoms with Crippen molar-refractivity contribution in [2.45, 2.75) is 37.2 Å². The molecule has 1 aromatic heterocycles. The molecule has 184 valence electrons. The highest BCUT2D eigenvalue weighted by Crippen LogP contribution is 2.28. The Morgan fingerprint density at radius 1 is 1.06 bits per heavy atom. The molecule has 2 heterocycles.